The lowest BCUT2D eigenvalue weighted by Crippen LogP contribution is -2.36. The van der Waals surface area contributed by atoms with E-state index < -0.39 is 0 Å². The average molecular weight is 351 g/mol. The van der Waals surface area contributed by atoms with Crippen molar-refractivity contribution in [2.45, 2.75) is 39.2 Å². The van der Waals surface area contributed by atoms with Gasteiger partial charge in [-0.05, 0) is 12.1 Å². The van der Waals surface area contributed by atoms with E-state index in [2.05, 4.69) is 36.0 Å². The van der Waals surface area contributed by atoms with Crippen LogP contribution in [0.25, 0.3) is 5.69 Å². The molecule has 0 unspecified atom stereocenters. The van der Waals surface area contributed by atoms with Crippen LogP contribution in [0.2, 0.25) is 0 Å². The Balaban J connectivity index is 1.62. The summed E-state index contributed by atoms with van der Waals surface area (Å²) in [6.07, 6.45) is 3.86. The Bertz CT molecular complexity index is 937. The first kappa shape index (κ1) is 16.5. The molecule has 3 heterocycles. The molecule has 1 amide bonds. The quantitative estimate of drug-likeness (QED) is 0.709. The van der Waals surface area contributed by atoms with Gasteiger partial charge < -0.3 is 9.32 Å². The highest BCUT2D eigenvalue weighted by Crippen LogP contribution is 2.28. The predicted molar refractivity (Wildman–Crippen MR) is 95.0 cm³/mol. The minimum atomic E-state index is -0.146. The third kappa shape index (κ3) is 2.89. The number of nitrogens with zero attached hydrogens (tertiary/aromatic N) is 5. The largest absolute Gasteiger partial charge is 0.445 e. The summed E-state index contributed by atoms with van der Waals surface area (Å²) in [4.78, 5) is 19.6. The molecule has 0 aliphatic carbocycles. The smallest absolute Gasteiger partial charge is 0.256 e. The topological polar surface area (TPSA) is 77.0 Å². The molecule has 0 spiro atoms. The van der Waals surface area contributed by atoms with Crippen LogP contribution in [0.5, 0.6) is 0 Å². The number of carbonyl (C=O) groups excluding carboxylic acids is 1. The van der Waals surface area contributed by atoms with E-state index in [1.807, 2.05) is 29.2 Å². The van der Waals surface area contributed by atoms with Crippen molar-refractivity contribution in [3.8, 4) is 5.69 Å². The van der Waals surface area contributed by atoms with Crippen LogP contribution >= 0.6 is 0 Å². The number of fused-ring (bicyclic) bond motifs is 1. The lowest BCUT2D eigenvalue weighted by atomic mass is 9.97. The van der Waals surface area contributed by atoms with E-state index in [0.29, 0.717) is 25.1 Å². The zero-order chi connectivity index (χ0) is 18.3. The molecule has 1 aliphatic heterocycles. The summed E-state index contributed by atoms with van der Waals surface area (Å²) in [6, 6.07) is 7.48. The van der Waals surface area contributed by atoms with Crippen molar-refractivity contribution in [3.05, 3.63) is 59.8 Å². The first-order valence-electron chi connectivity index (χ1n) is 8.66. The number of hydrogen-bond donors (Lipinski definition) is 0. The summed E-state index contributed by atoms with van der Waals surface area (Å²) in [6.45, 7) is 7.29. The Morgan fingerprint density at radius 2 is 1.88 bits per heavy atom. The van der Waals surface area contributed by atoms with Gasteiger partial charge in [0.2, 0.25) is 0 Å². The molecule has 0 radical (unpaired) electrons. The number of amides is 1. The third-order valence-electron chi connectivity index (χ3n) is 4.49. The molecule has 134 valence electrons. The Kier molecular flexibility index (Phi) is 3.86. The first-order valence-corrected chi connectivity index (χ1v) is 8.66. The molecule has 2 aromatic heterocycles. The molecule has 0 saturated carbocycles. The highest BCUT2D eigenvalue weighted by atomic mass is 16.4. The molecule has 1 aromatic carbocycles. The summed E-state index contributed by atoms with van der Waals surface area (Å²) < 4.78 is 7.66. The van der Waals surface area contributed by atoms with Gasteiger partial charge in [0.15, 0.2) is 5.89 Å². The molecular formula is C19H21N5O2. The fourth-order valence-corrected chi connectivity index (χ4v) is 3.07. The molecule has 1 aliphatic rings. The van der Waals surface area contributed by atoms with E-state index >= 15 is 0 Å². The Hall–Kier alpha value is -2.96. The van der Waals surface area contributed by atoms with Gasteiger partial charge >= 0.3 is 0 Å². The van der Waals surface area contributed by atoms with E-state index in [1.54, 1.807) is 17.2 Å². The maximum atomic E-state index is 13.1. The highest BCUT2D eigenvalue weighted by Gasteiger charge is 2.30. The van der Waals surface area contributed by atoms with E-state index in [1.165, 1.54) is 0 Å². The standard InChI is InChI=1S/C19H21N5O2/c1-19(2,3)18-22-14-10-23(9-8-16(14)26-18)17(25)13-6-4-5-7-15(13)24-11-20-21-12-24/h4-7,11-12H,8-10H2,1-3H3. The second-order valence-corrected chi connectivity index (χ2v) is 7.50. The van der Waals surface area contributed by atoms with Crippen LogP contribution in [-0.2, 0) is 18.4 Å². The van der Waals surface area contributed by atoms with Crippen LogP contribution in [-0.4, -0.2) is 37.1 Å². The van der Waals surface area contributed by atoms with Crippen LogP contribution < -0.4 is 0 Å². The summed E-state index contributed by atoms with van der Waals surface area (Å²) >= 11 is 0. The monoisotopic (exact) mass is 351 g/mol. The second-order valence-electron chi connectivity index (χ2n) is 7.50. The average Bonchev–Trinajstić information content (AvgIpc) is 3.29. The SMILES string of the molecule is CC(C)(C)c1nc2c(o1)CCN(C(=O)c1ccccc1-n1cnnc1)C2. The molecule has 0 atom stereocenters. The molecule has 0 saturated heterocycles. The molecule has 3 aromatic rings. The number of aromatic nitrogens is 4. The molecule has 4 rings (SSSR count). The van der Waals surface area contributed by atoms with Gasteiger partial charge in [-0.1, -0.05) is 32.9 Å². The van der Waals surface area contributed by atoms with E-state index in [4.69, 9.17) is 4.42 Å². The number of para-hydroxylation sites is 1. The number of carbonyl (C=O) groups is 1. The van der Waals surface area contributed by atoms with E-state index in [-0.39, 0.29) is 11.3 Å². The van der Waals surface area contributed by atoms with Crippen LogP contribution in [0.15, 0.2) is 41.3 Å². The number of rotatable bonds is 2. The molecule has 7 heteroatoms. The number of benzene rings is 1. The van der Waals surface area contributed by atoms with Gasteiger partial charge in [-0.2, -0.15) is 0 Å². The van der Waals surface area contributed by atoms with Crippen LogP contribution in [0, 0.1) is 0 Å². The summed E-state index contributed by atoms with van der Waals surface area (Å²) in [5, 5.41) is 7.67. The van der Waals surface area contributed by atoms with Crippen molar-refractivity contribution in [1.82, 2.24) is 24.6 Å². The minimum Gasteiger partial charge on any atom is -0.445 e. The maximum Gasteiger partial charge on any atom is 0.256 e. The van der Waals surface area contributed by atoms with E-state index in [9.17, 15) is 4.79 Å². The molecular weight excluding hydrogens is 330 g/mol. The summed E-state index contributed by atoms with van der Waals surface area (Å²) in [7, 11) is 0. The van der Waals surface area contributed by atoms with Gasteiger partial charge in [0.1, 0.15) is 24.1 Å². The van der Waals surface area contributed by atoms with Crippen molar-refractivity contribution in [3.63, 3.8) is 0 Å². The lowest BCUT2D eigenvalue weighted by Gasteiger charge is -2.26. The van der Waals surface area contributed by atoms with E-state index in [0.717, 1.165) is 23.0 Å². The van der Waals surface area contributed by atoms with Gasteiger partial charge in [-0.25, -0.2) is 4.98 Å². The van der Waals surface area contributed by atoms with Crippen molar-refractivity contribution in [1.29, 1.82) is 0 Å². The summed E-state index contributed by atoms with van der Waals surface area (Å²) in [5.41, 5.74) is 2.10. The fraction of sp³-hybridized carbons (Fsp3) is 0.368. The Morgan fingerprint density at radius 1 is 1.15 bits per heavy atom. The summed E-state index contributed by atoms with van der Waals surface area (Å²) in [5.74, 6) is 1.59. The van der Waals surface area contributed by atoms with Gasteiger partial charge in [-0.3, -0.25) is 9.36 Å². The molecule has 26 heavy (non-hydrogen) atoms. The van der Waals surface area contributed by atoms with Gasteiger partial charge in [0.25, 0.3) is 5.91 Å². The molecule has 0 N–H and O–H groups in total. The first-order chi connectivity index (χ1) is 12.4. The Labute approximate surface area is 151 Å². The minimum absolute atomic E-state index is 0.0275. The van der Waals surface area contributed by atoms with Gasteiger partial charge in [0, 0.05) is 18.4 Å². The lowest BCUT2D eigenvalue weighted by molar-refractivity contribution is 0.0727. The Morgan fingerprint density at radius 3 is 2.62 bits per heavy atom. The van der Waals surface area contributed by atoms with Crippen molar-refractivity contribution < 1.29 is 9.21 Å². The van der Waals surface area contributed by atoms with Crippen molar-refractivity contribution in [2.24, 2.45) is 0 Å². The highest BCUT2D eigenvalue weighted by molar-refractivity contribution is 5.97. The third-order valence-corrected chi connectivity index (χ3v) is 4.49. The second kappa shape index (κ2) is 6.09. The predicted octanol–water partition coefficient (Wildman–Crippen LogP) is 2.75. The number of oxazole rings is 1. The molecule has 7 nitrogen and oxygen atoms in total. The maximum absolute atomic E-state index is 13.1. The fourth-order valence-electron chi connectivity index (χ4n) is 3.07. The molecule has 0 fully saturated rings. The van der Waals surface area contributed by atoms with Crippen LogP contribution in [0.3, 0.4) is 0 Å². The normalized spacial score (nSPS) is 14.3. The molecule has 0 bridgehead atoms. The van der Waals surface area contributed by atoms with Crippen molar-refractivity contribution in [2.75, 3.05) is 6.54 Å². The number of hydrogen-bond acceptors (Lipinski definition) is 5. The van der Waals surface area contributed by atoms with Gasteiger partial charge in [0.05, 0.1) is 17.8 Å². The zero-order valence-corrected chi connectivity index (χ0v) is 15.1. The van der Waals surface area contributed by atoms with Crippen LogP contribution in [0.4, 0.5) is 0 Å². The van der Waals surface area contributed by atoms with Crippen molar-refractivity contribution >= 4 is 5.91 Å². The van der Waals surface area contributed by atoms with Crippen LogP contribution in [0.1, 0.15) is 48.5 Å². The zero-order valence-electron chi connectivity index (χ0n) is 15.1. The van der Waals surface area contributed by atoms with Gasteiger partial charge in [-0.15, -0.1) is 10.2 Å².